The molecule has 2 rings (SSSR count). The SMILES string of the molecule is CCCC1=C2C(C)C(C)C12. The van der Waals surface area contributed by atoms with E-state index in [0.717, 1.165) is 17.8 Å². The van der Waals surface area contributed by atoms with E-state index in [1.54, 1.807) is 0 Å². The molecule has 1 saturated carbocycles. The lowest BCUT2D eigenvalue weighted by Gasteiger charge is -2.29. The predicted octanol–water partition coefficient (Wildman–Crippen LogP) is 3.00. The molecule has 0 aromatic carbocycles. The highest BCUT2D eigenvalue weighted by Gasteiger charge is 2.53. The molecule has 0 heteroatoms. The van der Waals surface area contributed by atoms with Crippen LogP contribution in [0.15, 0.2) is 11.1 Å². The molecule has 0 bridgehead atoms. The van der Waals surface area contributed by atoms with Crippen molar-refractivity contribution in [3.8, 4) is 0 Å². The standard InChI is InChI=1S/C10H16/c1-4-5-8-9-6(2)7(3)10(8)9/h6-7,9H,4-5H2,1-3H3. The first-order chi connectivity index (χ1) is 4.77. The molecular weight excluding hydrogens is 120 g/mol. The summed E-state index contributed by atoms with van der Waals surface area (Å²) < 4.78 is 0. The zero-order chi connectivity index (χ0) is 7.30. The minimum Gasteiger partial charge on any atom is -0.0651 e. The number of fused-ring (bicyclic) bond motifs is 1. The van der Waals surface area contributed by atoms with Gasteiger partial charge in [0.15, 0.2) is 0 Å². The maximum atomic E-state index is 2.39. The van der Waals surface area contributed by atoms with Gasteiger partial charge < -0.3 is 0 Å². The summed E-state index contributed by atoms with van der Waals surface area (Å²) in [6, 6.07) is 0. The minimum absolute atomic E-state index is 0.937. The minimum atomic E-state index is 0.937. The molecule has 0 saturated heterocycles. The highest BCUT2D eigenvalue weighted by atomic mass is 14.6. The van der Waals surface area contributed by atoms with Gasteiger partial charge in [-0.25, -0.2) is 0 Å². The Morgan fingerprint density at radius 3 is 2.40 bits per heavy atom. The summed E-state index contributed by atoms with van der Waals surface area (Å²) in [5.41, 5.74) is 3.65. The van der Waals surface area contributed by atoms with Crippen molar-refractivity contribution in [1.29, 1.82) is 0 Å². The molecule has 0 aliphatic heterocycles. The first-order valence-corrected chi connectivity index (χ1v) is 4.50. The van der Waals surface area contributed by atoms with Crippen LogP contribution in [0.3, 0.4) is 0 Å². The van der Waals surface area contributed by atoms with E-state index in [0.29, 0.717) is 0 Å². The van der Waals surface area contributed by atoms with Crippen LogP contribution in [-0.4, -0.2) is 0 Å². The molecule has 2 aliphatic rings. The highest BCUT2D eigenvalue weighted by Crippen LogP contribution is 2.63. The lowest BCUT2D eigenvalue weighted by atomic mass is 9.75. The van der Waals surface area contributed by atoms with Crippen LogP contribution in [0.5, 0.6) is 0 Å². The van der Waals surface area contributed by atoms with Crippen molar-refractivity contribution in [3.63, 3.8) is 0 Å². The van der Waals surface area contributed by atoms with Crippen molar-refractivity contribution in [2.45, 2.75) is 33.6 Å². The highest BCUT2D eigenvalue weighted by molar-refractivity contribution is 5.50. The van der Waals surface area contributed by atoms with Gasteiger partial charge in [0.1, 0.15) is 0 Å². The van der Waals surface area contributed by atoms with Gasteiger partial charge in [-0.3, -0.25) is 0 Å². The van der Waals surface area contributed by atoms with Crippen LogP contribution in [0, 0.1) is 17.8 Å². The van der Waals surface area contributed by atoms with Gasteiger partial charge in [0.2, 0.25) is 0 Å². The fourth-order valence-corrected chi connectivity index (χ4v) is 2.51. The van der Waals surface area contributed by atoms with Crippen molar-refractivity contribution < 1.29 is 0 Å². The topological polar surface area (TPSA) is 0 Å². The third-order valence-electron chi connectivity index (χ3n) is 3.32. The van der Waals surface area contributed by atoms with E-state index < -0.39 is 0 Å². The summed E-state index contributed by atoms with van der Waals surface area (Å²) in [7, 11) is 0. The van der Waals surface area contributed by atoms with E-state index in [4.69, 9.17) is 0 Å². The van der Waals surface area contributed by atoms with Crippen LogP contribution in [0.2, 0.25) is 0 Å². The van der Waals surface area contributed by atoms with Crippen molar-refractivity contribution in [2.24, 2.45) is 17.8 Å². The molecule has 1 fully saturated rings. The molecule has 10 heavy (non-hydrogen) atoms. The summed E-state index contributed by atoms with van der Waals surface area (Å²) in [6.45, 7) is 7.04. The molecule has 0 radical (unpaired) electrons. The number of allylic oxidation sites excluding steroid dienone is 2. The fraction of sp³-hybridized carbons (Fsp3) is 0.800. The van der Waals surface area contributed by atoms with E-state index in [-0.39, 0.29) is 0 Å². The molecule has 56 valence electrons. The van der Waals surface area contributed by atoms with Crippen LogP contribution < -0.4 is 0 Å². The molecule has 0 aromatic rings. The summed E-state index contributed by atoms with van der Waals surface area (Å²) in [5.74, 6) is 2.91. The van der Waals surface area contributed by atoms with Crippen molar-refractivity contribution >= 4 is 0 Å². The van der Waals surface area contributed by atoms with E-state index in [1.165, 1.54) is 12.8 Å². The molecule has 0 aromatic heterocycles. The molecule has 0 amide bonds. The molecule has 3 atom stereocenters. The third kappa shape index (κ3) is 0.574. The Bertz CT molecular complexity index is 188. The summed E-state index contributed by atoms with van der Waals surface area (Å²) in [6.07, 6.45) is 2.73. The Balaban J connectivity index is 1.99. The first kappa shape index (κ1) is 6.45. The fourth-order valence-electron chi connectivity index (χ4n) is 2.51. The average Bonchev–Trinajstić information content (AvgIpc) is 2.59. The van der Waals surface area contributed by atoms with Crippen molar-refractivity contribution in [1.82, 2.24) is 0 Å². The Morgan fingerprint density at radius 1 is 1.30 bits per heavy atom. The van der Waals surface area contributed by atoms with Gasteiger partial charge in [-0.05, 0) is 18.3 Å². The number of hydrogen-bond acceptors (Lipinski definition) is 0. The lowest BCUT2D eigenvalue weighted by Crippen LogP contribution is -2.22. The maximum absolute atomic E-state index is 2.39. The van der Waals surface area contributed by atoms with Gasteiger partial charge in [-0.15, -0.1) is 0 Å². The van der Waals surface area contributed by atoms with Gasteiger partial charge in [0.25, 0.3) is 0 Å². The molecule has 2 aliphatic carbocycles. The second-order valence-corrected chi connectivity index (χ2v) is 3.86. The monoisotopic (exact) mass is 136 g/mol. The Morgan fingerprint density at radius 2 is 2.00 bits per heavy atom. The number of hydrogen-bond donors (Lipinski definition) is 0. The van der Waals surface area contributed by atoms with Crippen LogP contribution >= 0.6 is 0 Å². The van der Waals surface area contributed by atoms with Crippen LogP contribution in [0.4, 0.5) is 0 Å². The normalized spacial score (nSPS) is 42.9. The lowest BCUT2D eigenvalue weighted by molar-refractivity contribution is 0.311. The van der Waals surface area contributed by atoms with E-state index >= 15 is 0 Å². The summed E-state index contributed by atoms with van der Waals surface area (Å²) >= 11 is 0. The van der Waals surface area contributed by atoms with Crippen LogP contribution in [0.1, 0.15) is 33.6 Å². The average molecular weight is 136 g/mol. The van der Waals surface area contributed by atoms with Crippen LogP contribution in [-0.2, 0) is 0 Å². The molecule has 0 nitrogen and oxygen atoms in total. The Labute approximate surface area is 63.3 Å². The number of rotatable bonds is 2. The summed E-state index contributed by atoms with van der Waals surface area (Å²) in [5, 5.41) is 0. The molecular formula is C10H16. The Kier molecular flexibility index (Phi) is 1.21. The van der Waals surface area contributed by atoms with Gasteiger partial charge in [-0.2, -0.15) is 0 Å². The smallest absolute Gasteiger partial charge is 0.00469 e. The predicted molar refractivity (Wildman–Crippen MR) is 43.8 cm³/mol. The van der Waals surface area contributed by atoms with Gasteiger partial charge in [0, 0.05) is 5.92 Å². The van der Waals surface area contributed by atoms with E-state index in [1.807, 2.05) is 11.1 Å². The van der Waals surface area contributed by atoms with Gasteiger partial charge >= 0.3 is 0 Å². The largest absolute Gasteiger partial charge is 0.0651 e. The zero-order valence-electron chi connectivity index (χ0n) is 7.15. The van der Waals surface area contributed by atoms with E-state index in [9.17, 15) is 0 Å². The quantitative estimate of drug-likeness (QED) is 0.512. The summed E-state index contributed by atoms with van der Waals surface area (Å²) in [4.78, 5) is 0. The van der Waals surface area contributed by atoms with Crippen LogP contribution in [0.25, 0.3) is 0 Å². The first-order valence-electron chi connectivity index (χ1n) is 4.50. The molecule has 0 heterocycles. The molecule has 0 spiro atoms. The third-order valence-corrected chi connectivity index (χ3v) is 3.32. The van der Waals surface area contributed by atoms with Gasteiger partial charge in [-0.1, -0.05) is 38.3 Å². The van der Waals surface area contributed by atoms with Crippen molar-refractivity contribution in [3.05, 3.63) is 11.1 Å². The van der Waals surface area contributed by atoms with Crippen molar-refractivity contribution in [2.75, 3.05) is 0 Å². The molecule has 3 unspecified atom stereocenters. The second kappa shape index (κ2) is 1.87. The zero-order valence-corrected chi connectivity index (χ0v) is 7.15. The van der Waals surface area contributed by atoms with Gasteiger partial charge in [0.05, 0.1) is 0 Å². The van der Waals surface area contributed by atoms with E-state index in [2.05, 4.69) is 20.8 Å². The second-order valence-electron chi connectivity index (χ2n) is 3.86. The maximum Gasteiger partial charge on any atom is 0.00469 e. The molecule has 0 N–H and O–H groups in total. The Hall–Kier alpha value is -0.260.